The Labute approximate surface area is 144 Å². The van der Waals surface area contributed by atoms with E-state index in [4.69, 9.17) is 16.3 Å². The van der Waals surface area contributed by atoms with Gasteiger partial charge in [0.25, 0.3) is 5.91 Å². The minimum atomic E-state index is -0.457. The zero-order chi connectivity index (χ0) is 16.9. The molecular formula is C17H17ClFN3O2. The van der Waals surface area contributed by atoms with Crippen molar-refractivity contribution < 1.29 is 13.9 Å². The molecule has 1 aromatic heterocycles. The van der Waals surface area contributed by atoms with Crippen LogP contribution in [0.25, 0.3) is 0 Å². The molecule has 1 aliphatic rings. The molecule has 126 valence electrons. The highest BCUT2D eigenvalue weighted by molar-refractivity contribution is 6.32. The number of amides is 1. The van der Waals surface area contributed by atoms with Gasteiger partial charge >= 0.3 is 0 Å². The molecule has 1 amide bonds. The maximum atomic E-state index is 12.9. The third kappa shape index (κ3) is 4.14. The molecule has 1 fully saturated rings. The summed E-state index contributed by atoms with van der Waals surface area (Å²) >= 11 is 5.84. The summed E-state index contributed by atoms with van der Waals surface area (Å²) in [5.41, 5.74) is 0.594. The van der Waals surface area contributed by atoms with Crippen LogP contribution in [0.1, 0.15) is 12.8 Å². The number of aromatic nitrogens is 1. The minimum absolute atomic E-state index is 0.124. The monoisotopic (exact) mass is 349 g/mol. The molecule has 24 heavy (non-hydrogen) atoms. The van der Waals surface area contributed by atoms with E-state index in [-0.39, 0.29) is 23.3 Å². The van der Waals surface area contributed by atoms with Gasteiger partial charge in [-0.25, -0.2) is 9.37 Å². The number of ether oxygens (including phenoxy) is 1. The summed E-state index contributed by atoms with van der Waals surface area (Å²) in [6.45, 7) is 1.81. The maximum Gasteiger partial charge on any atom is 0.262 e. The Bertz CT molecular complexity index is 718. The fraction of sp³-hybridized carbons (Fsp3) is 0.294. The lowest BCUT2D eigenvalue weighted by Gasteiger charge is -2.16. The number of nitrogens with one attached hydrogen (secondary N) is 1. The van der Waals surface area contributed by atoms with E-state index in [9.17, 15) is 9.18 Å². The van der Waals surface area contributed by atoms with Crippen molar-refractivity contribution >= 4 is 29.0 Å². The Balaban J connectivity index is 1.52. The van der Waals surface area contributed by atoms with Gasteiger partial charge in [-0.3, -0.25) is 4.79 Å². The predicted molar refractivity (Wildman–Crippen MR) is 91.2 cm³/mol. The van der Waals surface area contributed by atoms with Gasteiger partial charge in [0, 0.05) is 13.1 Å². The van der Waals surface area contributed by atoms with Crippen LogP contribution in [0.3, 0.4) is 0 Å². The van der Waals surface area contributed by atoms with Crippen molar-refractivity contribution in [3.63, 3.8) is 0 Å². The molecule has 2 heterocycles. The molecule has 0 spiro atoms. The largest absolute Gasteiger partial charge is 0.482 e. The molecule has 0 bridgehead atoms. The average Bonchev–Trinajstić information content (AvgIpc) is 3.09. The van der Waals surface area contributed by atoms with E-state index in [2.05, 4.69) is 15.2 Å². The van der Waals surface area contributed by atoms with Crippen LogP contribution in [0.2, 0.25) is 5.02 Å². The molecule has 0 atom stereocenters. The summed E-state index contributed by atoms with van der Waals surface area (Å²) in [7, 11) is 0. The van der Waals surface area contributed by atoms with Crippen LogP contribution in [-0.2, 0) is 4.79 Å². The highest BCUT2D eigenvalue weighted by atomic mass is 35.5. The summed E-state index contributed by atoms with van der Waals surface area (Å²) in [5.74, 6) is 0.377. The number of carbonyl (C=O) groups excluding carboxylic acids is 1. The summed E-state index contributed by atoms with van der Waals surface area (Å²) < 4.78 is 18.2. The summed E-state index contributed by atoms with van der Waals surface area (Å²) in [6.07, 6.45) is 3.99. The lowest BCUT2D eigenvalue weighted by Crippen LogP contribution is -2.21. The van der Waals surface area contributed by atoms with E-state index in [1.54, 1.807) is 6.20 Å². The standard InChI is InChI=1S/C17H17ClFN3O2/c18-14-9-12(19)3-5-15(14)24-11-17(23)21-13-4-6-16(20-10-13)22-7-1-2-8-22/h3-6,9-10H,1-2,7-8,11H2,(H,21,23). The first-order valence-corrected chi connectivity index (χ1v) is 8.08. The molecule has 1 aromatic carbocycles. The number of nitrogens with zero attached hydrogens (tertiary/aromatic N) is 2. The number of rotatable bonds is 5. The van der Waals surface area contributed by atoms with Crippen molar-refractivity contribution in [3.8, 4) is 5.75 Å². The summed E-state index contributed by atoms with van der Waals surface area (Å²) in [4.78, 5) is 18.5. The van der Waals surface area contributed by atoms with E-state index in [1.807, 2.05) is 12.1 Å². The molecular weight excluding hydrogens is 333 g/mol. The maximum absolute atomic E-state index is 12.9. The zero-order valence-electron chi connectivity index (χ0n) is 13.0. The molecule has 0 aliphatic carbocycles. The van der Waals surface area contributed by atoms with Gasteiger partial charge in [-0.15, -0.1) is 0 Å². The first-order valence-electron chi connectivity index (χ1n) is 7.70. The van der Waals surface area contributed by atoms with E-state index >= 15 is 0 Å². The van der Waals surface area contributed by atoms with Gasteiger partial charge in [0.1, 0.15) is 17.4 Å². The molecule has 2 aromatic rings. The van der Waals surface area contributed by atoms with Gasteiger partial charge in [0.15, 0.2) is 6.61 Å². The number of benzene rings is 1. The highest BCUT2D eigenvalue weighted by Gasteiger charge is 2.13. The van der Waals surface area contributed by atoms with Gasteiger partial charge in [-0.1, -0.05) is 11.6 Å². The number of hydrogen-bond acceptors (Lipinski definition) is 4. The molecule has 3 rings (SSSR count). The van der Waals surface area contributed by atoms with Crippen LogP contribution in [0.4, 0.5) is 15.9 Å². The Morgan fingerprint density at radius 3 is 2.75 bits per heavy atom. The summed E-state index contributed by atoms with van der Waals surface area (Å²) in [6, 6.07) is 7.44. The molecule has 1 aliphatic heterocycles. The van der Waals surface area contributed by atoms with Crippen LogP contribution in [-0.4, -0.2) is 30.6 Å². The fourth-order valence-corrected chi connectivity index (χ4v) is 2.75. The zero-order valence-corrected chi connectivity index (χ0v) is 13.7. The second-order valence-electron chi connectivity index (χ2n) is 5.51. The number of hydrogen-bond donors (Lipinski definition) is 1. The minimum Gasteiger partial charge on any atom is -0.482 e. The third-order valence-electron chi connectivity index (χ3n) is 3.71. The van der Waals surface area contributed by atoms with Gasteiger partial charge < -0.3 is 15.0 Å². The Morgan fingerprint density at radius 1 is 1.29 bits per heavy atom. The predicted octanol–water partition coefficient (Wildman–Crippen LogP) is 3.49. The van der Waals surface area contributed by atoms with Gasteiger partial charge in [-0.05, 0) is 43.2 Å². The van der Waals surface area contributed by atoms with E-state index in [0.29, 0.717) is 5.69 Å². The fourth-order valence-electron chi connectivity index (χ4n) is 2.53. The Hall–Kier alpha value is -2.34. The molecule has 1 saturated heterocycles. The Kier molecular flexibility index (Phi) is 5.15. The average molecular weight is 350 g/mol. The Morgan fingerprint density at radius 2 is 2.08 bits per heavy atom. The lowest BCUT2D eigenvalue weighted by molar-refractivity contribution is -0.118. The second-order valence-corrected chi connectivity index (χ2v) is 5.92. The smallest absolute Gasteiger partial charge is 0.262 e. The van der Waals surface area contributed by atoms with Crippen molar-refractivity contribution in [3.05, 3.63) is 47.4 Å². The van der Waals surface area contributed by atoms with Crippen molar-refractivity contribution in [1.29, 1.82) is 0 Å². The van der Waals surface area contributed by atoms with Gasteiger partial charge in [0.2, 0.25) is 0 Å². The van der Waals surface area contributed by atoms with Crippen LogP contribution in [0, 0.1) is 5.82 Å². The first kappa shape index (κ1) is 16.5. The van der Waals surface area contributed by atoms with Crippen molar-refractivity contribution in [2.75, 3.05) is 29.9 Å². The second kappa shape index (κ2) is 7.49. The van der Waals surface area contributed by atoms with Crippen LogP contribution < -0.4 is 15.0 Å². The van der Waals surface area contributed by atoms with Crippen molar-refractivity contribution in [2.24, 2.45) is 0 Å². The number of halogens is 2. The SMILES string of the molecule is O=C(COc1ccc(F)cc1Cl)Nc1ccc(N2CCCC2)nc1. The van der Waals surface area contributed by atoms with Crippen LogP contribution >= 0.6 is 11.6 Å². The molecule has 1 N–H and O–H groups in total. The van der Waals surface area contributed by atoms with E-state index in [1.165, 1.54) is 25.0 Å². The van der Waals surface area contributed by atoms with Crippen LogP contribution in [0.15, 0.2) is 36.5 Å². The van der Waals surface area contributed by atoms with Crippen molar-refractivity contribution in [1.82, 2.24) is 4.98 Å². The van der Waals surface area contributed by atoms with Crippen molar-refractivity contribution in [2.45, 2.75) is 12.8 Å². The molecule has 0 unspecified atom stereocenters. The van der Waals surface area contributed by atoms with Gasteiger partial charge in [0.05, 0.1) is 16.9 Å². The normalized spacial score (nSPS) is 13.8. The number of pyridine rings is 1. The van der Waals surface area contributed by atoms with Gasteiger partial charge in [-0.2, -0.15) is 0 Å². The van der Waals surface area contributed by atoms with E-state index in [0.717, 1.165) is 25.0 Å². The summed E-state index contributed by atoms with van der Waals surface area (Å²) in [5, 5.41) is 2.82. The van der Waals surface area contributed by atoms with E-state index < -0.39 is 5.82 Å². The topological polar surface area (TPSA) is 54.5 Å². The lowest BCUT2D eigenvalue weighted by atomic mass is 10.3. The number of carbonyl (C=O) groups is 1. The molecule has 0 radical (unpaired) electrons. The third-order valence-corrected chi connectivity index (χ3v) is 4.01. The first-order chi connectivity index (χ1) is 11.6. The highest BCUT2D eigenvalue weighted by Crippen LogP contribution is 2.25. The molecule has 7 heteroatoms. The molecule has 0 saturated carbocycles. The number of anilines is 2. The quantitative estimate of drug-likeness (QED) is 0.897. The molecule has 5 nitrogen and oxygen atoms in total. The van der Waals surface area contributed by atoms with Crippen LogP contribution in [0.5, 0.6) is 5.75 Å².